The van der Waals surface area contributed by atoms with E-state index in [-0.39, 0.29) is 20.9 Å². The highest BCUT2D eigenvalue weighted by molar-refractivity contribution is 7.91. The predicted molar refractivity (Wildman–Crippen MR) is 186 cm³/mol. The zero-order chi connectivity index (χ0) is 37.3. The van der Waals surface area contributed by atoms with Gasteiger partial charge in [-0.3, -0.25) is 9.59 Å². The van der Waals surface area contributed by atoms with E-state index >= 15 is 0 Å². The molecule has 0 radical (unpaired) electrons. The first-order valence-corrected chi connectivity index (χ1v) is 19.7. The number of nitrogens with one attached hydrogen (secondary N) is 2. The summed E-state index contributed by atoms with van der Waals surface area (Å²) in [5.74, 6) is -5.62. The Hall–Kier alpha value is -5.24. The monoisotopic (exact) mass is 748 g/mol. The number of piperidine rings is 2. The van der Waals surface area contributed by atoms with Crippen LogP contribution < -0.4 is 32.2 Å². The number of amides is 2. The van der Waals surface area contributed by atoms with Crippen LogP contribution >= 0.6 is 0 Å². The fraction of sp³-hybridized carbons (Fsp3) is 0.419. The molecule has 0 aliphatic carbocycles. The average Bonchev–Trinajstić information content (AvgIpc) is 3.09. The Morgan fingerprint density at radius 2 is 1.00 bits per heavy atom. The summed E-state index contributed by atoms with van der Waals surface area (Å²) in [4.78, 5) is 69.7. The molecule has 18 nitrogen and oxygen atoms in total. The van der Waals surface area contributed by atoms with Crippen molar-refractivity contribution in [2.45, 2.75) is 54.7 Å². The fourth-order valence-corrected chi connectivity index (χ4v) is 7.32. The molecule has 2 saturated heterocycles. The minimum absolute atomic E-state index is 0.0338. The molecule has 0 saturated carbocycles. The van der Waals surface area contributed by atoms with Crippen molar-refractivity contribution >= 4 is 66.7 Å². The smallest absolute Gasteiger partial charge is 0.343 e. The number of hydroxylamine groups is 2. The van der Waals surface area contributed by atoms with Crippen LogP contribution in [-0.2, 0) is 38.9 Å². The number of hydrogen-bond donors (Lipinski definition) is 4. The van der Waals surface area contributed by atoms with Gasteiger partial charge in [0.1, 0.15) is 6.42 Å². The van der Waals surface area contributed by atoms with Crippen molar-refractivity contribution < 1.29 is 45.7 Å². The van der Waals surface area contributed by atoms with Crippen molar-refractivity contribution in [3.63, 3.8) is 0 Å². The first-order valence-electron chi connectivity index (χ1n) is 15.9. The highest BCUT2D eigenvalue weighted by Crippen LogP contribution is 2.30. The summed E-state index contributed by atoms with van der Waals surface area (Å²) in [7, 11) is -7.40. The standard InChI is InChI=1S/C31H40N8O10S2/c1-50(44,45)24-17-20(9-11-22(24)38-13-5-3-6-14-38)28(42)34-30(32)36-48-26(40)19-27(41)49-37-31(33)35-29(43)21-10-12-23(25(18-21)51(2,46)47)39-15-7-4-8-16-39/h9-12,17-18H,3-8,13-16,19H2,1-2H3,(H3,32,34,36,42)(H3,33,35,37,43). The van der Waals surface area contributed by atoms with Crippen LogP contribution in [0.1, 0.15) is 65.7 Å². The van der Waals surface area contributed by atoms with E-state index in [1.54, 1.807) is 0 Å². The lowest BCUT2D eigenvalue weighted by molar-refractivity contribution is -0.159. The molecule has 2 aromatic rings. The molecular formula is C31H40N8O10S2. The van der Waals surface area contributed by atoms with Gasteiger partial charge in [-0.1, -0.05) is 0 Å². The van der Waals surface area contributed by atoms with Gasteiger partial charge >= 0.3 is 11.9 Å². The first kappa shape index (κ1) is 38.6. The van der Waals surface area contributed by atoms with Gasteiger partial charge in [0.05, 0.1) is 21.2 Å². The minimum Gasteiger partial charge on any atom is -0.370 e. The second kappa shape index (κ2) is 16.6. The van der Waals surface area contributed by atoms with Crippen molar-refractivity contribution in [2.75, 3.05) is 48.5 Å². The van der Waals surface area contributed by atoms with E-state index in [0.717, 1.165) is 51.0 Å². The molecule has 0 bridgehead atoms. The normalized spacial score (nSPS) is 15.9. The average molecular weight is 749 g/mol. The van der Waals surface area contributed by atoms with Gasteiger partial charge in [0.2, 0.25) is 11.9 Å². The lowest BCUT2D eigenvalue weighted by Gasteiger charge is -2.30. The summed E-state index contributed by atoms with van der Waals surface area (Å²) < 4.78 is 49.9. The van der Waals surface area contributed by atoms with E-state index in [9.17, 15) is 36.0 Å². The third-order valence-corrected chi connectivity index (χ3v) is 10.1. The molecule has 2 amide bonds. The molecule has 0 unspecified atom stereocenters. The molecule has 51 heavy (non-hydrogen) atoms. The molecule has 2 aromatic carbocycles. The molecule has 276 valence electrons. The van der Waals surface area contributed by atoms with E-state index in [2.05, 4.69) is 19.7 Å². The number of anilines is 2. The van der Waals surface area contributed by atoms with Crippen molar-refractivity contribution in [1.82, 2.24) is 11.0 Å². The van der Waals surface area contributed by atoms with Gasteiger partial charge in [-0.05, 0) is 74.9 Å². The number of carbonyl (C=O) groups excluding carboxylic acids is 4. The predicted octanol–water partition coefficient (Wildman–Crippen LogP) is 0.570. The van der Waals surface area contributed by atoms with E-state index in [0.29, 0.717) is 37.6 Å². The molecule has 2 aliphatic heterocycles. The first-order chi connectivity index (χ1) is 24.0. The number of nitrogens with two attached hydrogens (primary N) is 2. The molecule has 0 atom stereocenters. The molecule has 0 aromatic heterocycles. The summed E-state index contributed by atoms with van der Waals surface area (Å²) in [6, 6.07) is 8.29. The highest BCUT2D eigenvalue weighted by atomic mass is 32.2. The lowest BCUT2D eigenvalue weighted by Crippen LogP contribution is -2.37. The largest absolute Gasteiger partial charge is 0.370 e. The highest BCUT2D eigenvalue weighted by Gasteiger charge is 2.24. The Labute approximate surface area is 295 Å². The Balaban J connectivity index is 1.28. The number of aliphatic imine (C=N–C) groups is 2. The van der Waals surface area contributed by atoms with Gasteiger partial charge in [-0.25, -0.2) is 26.4 Å². The van der Waals surface area contributed by atoms with Crippen molar-refractivity contribution in [2.24, 2.45) is 21.5 Å². The molecule has 20 heteroatoms. The van der Waals surface area contributed by atoms with Crippen LogP contribution in [0, 0.1) is 0 Å². The zero-order valence-electron chi connectivity index (χ0n) is 28.1. The number of benzene rings is 2. The molecule has 4 rings (SSSR count). The maximum Gasteiger partial charge on any atom is 0.343 e. The molecule has 2 heterocycles. The Morgan fingerprint density at radius 3 is 1.33 bits per heavy atom. The van der Waals surface area contributed by atoms with Crippen molar-refractivity contribution in [3.8, 4) is 0 Å². The van der Waals surface area contributed by atoms with Crippen LogP contribution in [0.4, 0.5) is 11.4 Å². The molecule has 0 spiro atoms. The summed E-state index contributed by atoms with van der Waals surface area (Å²) in [5.41, 5.74) is 15.9. The molecular weight excluding hydrogens is 709 g/mol. The lowest BCUT2D eigenvalue weighted by atomic mass is 10.1. The van der Waals surface area contributed by atoms with Crippen molar-refractivity contribution in [3.05, 3.63) is 47.5 Å². The van der Waals surface area contributed by atoms with E-state index in [4.69, 9.17) is 11.5 Å². The second-order valence-corrected chi connectivity index (χ2v) is 15.9. The molecule has 2 aliphatic rings. The van der Waals surface area contributed by atoms with Gasteiger partial charge < -0.3 is 30.9 Å². The van der Waals surface area contributed by atoms with Gasteiger partial charge in [-0.2, -0.15) is 20.9 Å². The second-order valence-electron chi connectivity index (χ2n) is 11.9. The number of sulfone groups is 2. The van der Waals surface area contributed by atoms with E-state index in [1.165, 1.54) is 36.4 Å². The van der Waals surface area contributed by atoms with E-state index < -0.39 is 61.8 Å². The van der Waals surface area contributed by atoms with Crippen LogP contribution in [0.25, 0.3) is 0 Å². The minimum atomic E-state index is -3.70. The Bertz CT molecular complexity index is 1810. The Morgan fingerprint density at radius 1 is 0.647 bits per heavy atom. The van der Waals surface area contributed by atoms with Crippen LogP contribution in [0.3, 0.4) is 0 Å². The molecule has 6 N–H and O–H groups in total. The summed E-state index contributed by atoms with van der Waals surface area (Å²) in [5, 5.41) is 0. The van der Waals surface area contributed by atoms with E-state index in [1.807, 2.05) is 20.8 Å². The zero-order valence-corrected chi connectivity index (χ0v) is 29.7. The fourth-order valence-electron chi connectivity index (χ4n) is 5.48. The Kier molecular flexibility index (Phi) is 12.6. The third kappa shape index (κ3) is 10.9. The van der Waals surface area contributed by atoms with Crippen molar-refractivity contribution in [1.29, 1.82) is 0 Å². The van der Waals surface area contributed by atoms with Gasteiger partial charge in [-0.15, -0.1) is 0 Å². The van der Waals surface area contributed by atoms with Crippen LogP contribution in [0.2, 0.25) is 0 Å². The number of hydrogen-bond acceptors (Lipinski definition) is 12. The summed E-state index contributed by atoms with van der Waals surface area (Å²) in [6.45, 7) is 2.74. The summed E-state index contributed by atoms with van der Waals surface area (Å²) in [6.07, 6.45) is 6.84. The van der Waals surface area contributed by atoms with Crippen LogP contribution in [0.15, 0.2) is 56.2 Å². The number of guanidine groups is 2. The topological polar surface area (TPSA) is 262 Å². The summed E-state index contributed by atoms with van der Waals surface area (Å²) >= 11 is 0. The van der Waals surface area contributed by atoms with Gasteiger partial charge in [0.15, 0.2) is 19.7 Å². The quantitative estimate of drug-likeness (QED) is 0.124. The van der Waals surface area contributed by atoms with Gasteiger partial charge in [0.25, 0.3) is 11.8 Å². The number of carbonyl (C=O) groups is 4. The maximum absolute atomic E-state index is 12.7. The maximum atomic E-state index is 12.7. The SMILES string of the molecule is CS(=O)(=O)c1cc(C(=O)N=C(N)NOC(=O)CC(=O)ONC(N)=NC(=O)c2ccc(N3CCCCC3)c(S(C)(=O)=O)c2)ccc1N1CCCCC1. The van der Waals surface area contributed by atoms with Gasteiger partial charge in [0, 0.05) is 49.8 Å². The number of nitrogens with zero attached hydrogens (tertiary/aromatic N) is 4. The molecule has 2 fully saturated rings. The number of rotatable bonds is 8. The van der Waals surface area contributed by atoms with Crippen LogP contribution in [-0.4, -0.2) is 91.2 Å². The third-order valence-electron chi connectivity index (χ3n) is 7.88. The van der Waals surface area contributed by atoms with Crippen LogP contribution in [0.5, 0.6) is 0 Å².